The third kappa shape index (κ3) is 2.09. The Bertz CT molecular complexity index is 254. The van der Waals surface area contributed by atoms with Crippen LogP contribution in [-0.2, 0) is 23.3 Å². The second-order valence-electron chi connectivity index (χ2n) is 1.98. The number of rotatable bonds is 1. The van der Waals surface area contributed by atoms with Gasteiger partial charge in [0.25, 0.3) is 0 Å². The van der Waals surface area contributed by atoms with Crippen LogP contribution in [0.5, 0.6) is 0 Å². The molecule has 0 nitrogen and oxygen atoms in total. The van der Waals surface area contributed by atoms with Crippen LogP contribution in [0.2, 0.25) is 0 Å². The van der Waals surface area contributed by atoms with Crippen LogP contribution in [0.4, 0.5) is 13.2 Å². The molecule has 0 aromatic heterocycles. The zero-order valence-electron chi connectivity index (χ0n) is 5.37. The van der Waals surface area contributed by atoms with Gasteiger partial charge in [0.15, 0.2) is 0 Å². The molecule has 11 heavy (non-hydrogen) atoms. The monoisotopic (exact) mass is 368 g/mol. The second-order valence-corrected chi connectivity index (χ2v) is 8.11. The van der Waals surface area contributed by atoms with Crippen LogP contribution < -0.4 is 3.07 Å². The van der Waals surface area contributed by atoms with Crippen LogP contribution in [0.3, 0.4) is 0 Å². The molecule has 56 valence electrons. The predicted octanol–water partition coefficient (Wildman–Crippen LogP) is 1.97. The van der Waals surface area contributed by atoms with Crippen LogP contribution in [0, 0.1) is 17.5 Å². The SMILES string of the molecule is Fc1cc(F)[c]([Hg][Cl])c(F)c1. The van der Waals surface area contributed by atoms with E-state index < -0.39 is 40.8 Å². The number of hydrogen-bond donors (Lipinski definition) is 0. The van der Waals surface area contributed by atoms with Gasteiger partial charge in [0.05, 0.1) is 0 Å². The summed E-state index contributed by atoms with van der Waals surface area (Å²) in [5, 5.41) is 0. The van der Waals surface area contributed by atoms with E-state index >= 15 is 0 Å². The molecule has 5 heteroatoms. The molecule has 0 spiro atoms. The first-order valence-electron chi connectivity index (χ1n) is 2.84. The molecule has 0 heterocycles. The molecule has 1 aromatic rings. The summed E-state index contributed by atoms with van der Waals surface area (Å²) < 4.78 is 37.4. The molecule has 1 rings (SSSR count). The summed E-state index contributed by atoms with van der Waals surface area (Å²) in [7, 11) is 5.41. The third-order valence-electron chi connectivity index (χ3n) is 1.24. The van der Waals surface area contributed by atoms with Gasteiger partial charge in [0, 0.05) is 0 Å². The number of benzene rings is 1. The van der Waals surface area contributed by atoms with Crippen molar-refractivity contribution in [2.75, 3.05) is 0 Å². The molecule has 0 fully saturated rings. The summed E-state index contributed by atoms with van der Waals surface area (Å²) >= 11 is -2.11. The van der Waals surface area contributed by atoms with Gasteiger partial charge in [-0.1, -0.05) is 0 Å². The topological polar surface area (TPSA) is 0 Å². The summed E-state index contributed by atoms with van der Waals surface area (Å²) in [5.41, 5.74) is 0. The predicted molar refractivity (Wildman–Crippen MR) is 31.8 cm³/mol. The van der Waals surface area contributed by atoms with Gasteiger partial charge < -0.3 is 0 Å². The number of hydrogen-bond acceptors (Lipinski definition) is 0. The van der Waals surface area contributed by atoms with E-state index in [4.69, 9.17) is 8.25 Å². The molecule has 0 aliphatic rings. The van der Waals surface area contributed by atoms with Gasteiger partial charge in [0.2, 0.25) is 0 Å². The first kappa shape index (κ1) is 9.32. The Morgan fingerprint density at radius 2 is 1.55 bits per heavy atom. The van der Waals surface area contributed by atoms with E-state index in [-0.39, 0.29) is 3.07 Å². The van der Waals surface area contributed by atoms with E-state index in [9.17, 15) is 13.2 Å². The van der Waals surface area contributed by atoms with Gasteiger partial charge in [-0.3, -0.25) is 0 Å². The molecule has 0 atom stereocenters. The summed E-state index contributed by atoms with van der Waals surface area (Å²) in [6.45, 7) is 0. The maximum atomic E-state index is 12.6. The molecular formula is C6H2ClF3Hg. The van der Waals surface area contributed by atoms with E-state index in [1.54, 1.807) is 0 Å². The molecule has 0 aliphatic heterocycles. The van der Waals surface area contributed by atoms with Crippen molar-refractivity contribution >= 4 is 11.3 Å². The van der Waals surface area contributed by atoms with Crippen molar-refractivity contribution in [3.63, 3.8) is 0 Å². The number of halogens is 4. The van der Waals surface area contributed by atoms with Gasteiger partial charge in [-0.2, -0.15) is 0 Å². The maximum absolute atomic E-state index is 12.6. The minimum absolute atomic E-state index is 0.0759. The molecule has 0 aliphatic carbocycles. The van der Waals surface area contributed by atoms with Crippen molar-refractivity contribution in [2.45, 2.75) is 0 Å². The molecule has 1 aromatic carbocycles. The minimum atomic E-state index is -2.11. The molecular weight excluding hydrogens is 365 g/mol. The Hall–Kier alpha value is 0.235. The van der Waals surface area contributed by atoms with Crippen molar-refractivity contribution in [3.05, 3.63) is 29.6 Å². The Morgan fingerprint density at radius 1 is 1.09 bits per heavy atom. The molecule has 0 unspecified atom stereocenters. The quantitative estimate of drug-likeness (QED) is 0.666. The average Bonchev–Trinajstić information content (AvgIpc) is 1.85. The Labute approximate surface area is 77.2 Å². The van der Waals surface area contributed by atoms with Crippen molar-refractivity contribution in [2.24, 2.45) is 0 Å². The fourth-order valence-corrected chi connectivity index (χ4v) is 4.73. The molecule has 0 N–H and O–H groups in total. The van der Waals surface area contributed by atoms with Gasteiger partial charge in [-0.05, 0) is 0 Å². The Balaban J connectivity index is 3.25. The average molecular weight is 367 g/mol. The summed E-state index contributed by atoms with van der Waals surface area (Å²) in [6.07, 6.45) is 0. The van der Waals surface area contributed by atoms with Gasteiger partial charge in [-0.25, -0.2) is 0 Å². The Kier molecular flexibility index (Phi) is 3.19. The molecule has 0 bridgehead atoms. The first-order chi connectivity index (χ1) is 5.15. The Morgan fingerprint density at radius 3 is 1.91 bits per heavy atom. The van der Waals surface area contributed by atoms with Crippen molar-refractivity contribution < 1.29 is 36.5 Å². The van der Waals surface area contributed by atoms with E-state index in [0.29, 0.717) is 12.1 Å². The molecule has 0 amide bonds. The fraction of sp³-hybridized carbons (Fsp3) is 0. The normalized spacial score (nSPS) is 9.45. The zero-order valence-corrected chi connectivity index (χ0v) is 11.6. The van der Waals surface area contributed by atoms with Crippen LogP contribution in [0.1, 0.15) is 0 Å². The zero-order chi connectivity index (χ0) is 8.43. The van der Waals surface area contributed by atoms with E-state index in [0.717, 1.165) is 0 Å². The molecule has 0 saturated carbocycles. The van der Waals surface area contributed by atoms with Crippen molar-refractivity contribution in [1.29, 1.82) is 0 Å². The first-order valence-corrected chi connectivity index (χ1v) is 12.4. The van der Waals surface area contributed by atoms with Gasteiger partial charge in [-0.15, -0.1) is 0 Å². The molecule has 0 radical (unpaired) electrons. The van der Waals surface area contributed by atoms with Gasteiger partial charge >= 0.3 is 77.4 Å². The van der Waals surface area contributed by atoms with Crippen molar-refractivity contribution in [3.8, 4) is 0 Å². The fourth-order valence-electron chi connectivity index (χ4n) is 0.700. The molecule has 0 saturated heterocycles. The van der Waals surface area contributed by atoms with E-state index in [1.807, 2.05) is 0 Å². The van der Waals surface area contributed by atoms with E-state index in [1.165, 1.54) is 0 Å². The summed E-state index contributed by atoms with van der Waals surface area (Å²) in [6, 6.07) is 1.31. The summed E-state index contributed by atoms with van der Waals surface area (Å²) in [4.78, 5) is 0. The van der Waals surface area contributed by atoms with Crippen LogP contribution in [0.25, 0.3) is 0 Å². The van der Waals surface area contributed by atoms with Crippen LogP contribution >= 0.6 is 8.25 Å². The van der Waals surface area contributed by atoms with E-state index in [2.05, 4.69) is 0 Å². The second kappa shape index (κ2) is 3.76. The van der Waals surface area contributed by atoms with Crippen LogP contribution in [0.15, 0.2) is 12.1 Å². The standard InChI is InChI=1S/C6H2F3.ClH.Hg/c7-4-1-5(8)3-6(9)2-4;;/h1-2H;1H;/q;;+1/p-1. The third-order valence-corrected chi connectivity index (χ3v) is 7.25. The van der Waals surface area contributed by atoms with Crippen LogP contribution in [-0.4, -0.2) is 0 Å². The van der Waals surface area contributed by atoms with Crippen molar-refractivity contribution in [1.82, 2.24) is 0 Å². The summed E-state index contributed by atoms with van der Waals surface area (Å²) in [5.74, 6) is -2.60. The van der Waals surface area contributed by atoms with Gasteiger partial charge in [0.1, 0.15) is 0 Å².